The van der Waals surface area contributed by atoms with E-state index in [9.17, 15) is 4.79 Å². The van der Waals surface area contributed by atoms with Crippen LogP contribution in [0.4, 0.5) is 0 Å². The molecule has 3 aromatic rings. The molecule has 2 heteroatoms. The van der Waals surface area contributed by atoms with E-state index in [2.05, 4.69) is 43.3 Å². The SMILES string of the molecule is CCCCc1ccc(C(=O)N(CCc2ccccc2)Cc2ccccc2)cc1. The fraction of sp³-hybridized carbons (Fsp3) is 0.269. The third-order valence-corrected chi connectivity index (χ3v) is 5.04. The second kappa shape index (κ2) is 10.5. The average Bonchev–Trinajstić information content (AvgIpc) is 2.76. The Morgan fingerprint density at radius 3 is 1.89 bits per heavy atom. The van der Waals surface area contributed by atoms with Gasteiger partial charge in [0.15, 0.2) is 0 Å². The Morgan fingerprint density at radius 2 is 1.29 bits per heavy atom. The zero-order valence-electron chi connectivity index (χ0n) is 16.7. The highest BCUT2D eigenvalue weighted by Gasteiger charge is 2.16. The van der Waals surface area contributed by atoms with E-state index in [1.807, 2.05) is 53.4 Å². The number of amides is 1. The number of nitrogens with zero attached hydrogens (tertiary/aromatic N) is 1. The molecule has 0 aliphatic rings. The topological polar surface area (TPSA) is 20.3 Å². The van der Waals surface area contributed by atoms with Crippen molar-refractivity contribution in [3.63, 3.8) is 0 Å². The van der Waals surface area contributed by atoms with Crippen molar-refractivity contribution in [1.82, 2.24) is 4.90 Å². The number of carbonyl (C=O) groups is 1. The molecular formula is C26H29NO. The van der Waals surface area contributed by atoms with Crippen LogP contribution in [0.2, 0.25) is 0 Å². The van der Waals surface area contributed by atoms with E-state index in [1.54, 1.807) is 0 Å². The first-order valence-electron chi connectivity index (χ1n) is 10.2. The van der Waals surface area contributed by atoms with E-state index in [0.717, 1.165) is 24.0 Å². The minimum absolute atomic E-state index is 0.0989. The molecule has 0 fully saturated rings. The lowest BCUT2D eigenvalue weighted by Crippen LogP contribution is -2.32. The quantitative estimate of drug-likeness (QED) is 0.457. The predicted molar refractivity (Wildman–Crippen MR) is 116 cm³/mol. The van der Waals surface area contributed by atoms with Crippen LogP contribution in [0.1, 0.15) is 46.8 Å². The highest BCUT2D eigenvalue weighted by molar-refractivity contribution is 5.94. The van der Waals surface area contributed by atoms with Crippen molar-refractivity contribution in [2.24, 2.45) is 0 Å². The van der Waals surface area contributed by atoms with Crippen LogP contribution >= 0.6 is 0 Å². The molecule has 0 spiro atoms. The number of rotatable bonds is 9. The Bertz CT molecular complexity index is 841. The van der Waals surface area contributed by atoms with Gasteiger partial charge in [0.05, 0.1) is 0 Å². The Hall–Kier alpha value is -2.87. The molecule has 144 valence electrons. The van der Waals surface area contributed by atoms with Crippen LogP contribution in [0.3, 0.4) is 0 Å². The fourth-order valence-electron chi connectivity index (χ4n) is 3.34. The van der Waals surface area contributed by atoms with Crippen LogP contribution in [0.25, 0.3) is 0 Å². The molecular weight excluding hydrogens is 342 g/mol. The summed E-state index contributed by atoms with van der Waals surface area (Å²) in [6, 6.07) is 28.7. The lowest BCUT2D eigenvalue weighted by Gasteiger charge is -2.23. The third kappa shape index (κ3) is 5.82. The number of unbranched alkanes of at least 4 members (excludes halogenated alkanes) is 1. The smallest absolute Gasteiger partial charge is 0.254 e. The van der Waals surface area contributed by atoms with Crippen molar-refractivity contribution < 1.29 is 4.79 Å². The first-order chi connectivity index (χ1) is 13.8. The molecule has 0 aliphatic heterocycles. The van der Waals surface area contributed by atoms with Gasteiger partial charge in [-0.15, -0.1) is 0 Å². The normalized spacial score (nSPS) is 10.6. The van der Waals surface area contributed by atoms with Gasteiger partial charge in [-0.2, -0.15) is 0 Å². The third-order valence-electron chi connectivity index (χ3n) is 5.04. The molecule has 28 heavy (non-hydrogen) atoms. The van der Waals surface area contributed by atoms with Gasteiger partial charge in [-0.1, -0.05) is 86.1 Å². The number of hydrogen-bond donors (Lipinski definition) is 0. The molecule has 0 aliphatic carbocycles. The van der Waals surface area contributed by atoms with Crippen LogP contribution < -0.4 is 0 Å². The van der Waals surface area contributed by atoms with Crippen molar-refractivity contribution in [2.45, 2.75) is 39.2 Å². The highest BCUT2D eigenvalue weighted by atomic mass is 16.2. The Kier molecular flexibility index (Phi) is 7.43. The molecule has 0 unspecified atom stereocenters. The Labute approximate surface area is 168 Å². The summed E-state index contributed by atoms with van der Waals surface area (Å²) in [7, 11) is 0. The highest BCUT2D eigenvalue weighted by Crippen LogP contribution is 2.14. The second-order valence-corrected chi connectivity index (χ2v) is 7.25. The molecule has 0 aromatic heterocycles. The average molecular weight is 372 g/mol. The Morgan fingerprint density at radius 1 is 0.714 bits per heavy atom. The van der Waals surface area contributed by atoms with Gasteiger partial charge in [0.2, 0.25) is 0 Å². The van der Waals surface area contributed by atoms with Crippen molar-refractivity contribution in [3.05, 3.63) is 107 Å². The van der Waals surface area contributed by atoms with Crippen LogP contribution in [0, 0.1) is 0 Å². The predicted octanol–water partition coefficient (Wildman–Crippen LogP) is 5.91. The molecule has 0 bridgehead atoms. The molecule has 2 nitrogen and oxygen atoms in total. The number of aryl methyl sites for hydroxylation is 1. The van der Waals surface area contributed by atoms with Crippen molar-refractivity contribution in [2.75, 3.05) is 6.54 Å². The molecule has 0 saturated heterocycles. The van der Waals surface area contributed by atoms with E-state index < -0.39 is 0 Å². The summed E-state index contributed by atoms with van der Waals surface area (Å²) >= 11 is 0. The maximum atomic E-state index is 13.2. The maximum absolute atomic E-state index is 13.2. The molecule has 1 amide bonds. The van der Waals surface area contributed by atoms with E-state index in [1.165, 1.54) is 24.0 Å². The summed E-state index contributed by atoms with van der Waals surface area (Å²) in [5, 5.41) is 0. The van der Waals surface area contributed by atoms with Crippen molar-refractivity contribution in [1.29, 1.82) is 0 Å². The van der Waals surface area contributed by atoms with Crippen LogP contribution in [0.15, 0.2) is 84.9 Å². The van der Waals surface area contributed by atoms with E-state index in [4.69, 9.17) is 0 Å². The number of hydrogen-bond acceptors (Lipinski definition) is 1. The monoisotopic (exact) mass is 371 g/mol. The first-order valence-corrected chi connectivity index (χ1v) is 10.2. The molecule has 3 aromatic carbocycles. The van der Waals surface area contributed by atoms with Gasteiger partial charge < -0.3 is 4.90 Å². The summed E-state index contributed by atoms with van der Waals surface area (Å²) in [5.41, 5.74) is 4.48. The minimum atomic E-state index is 0.0989. The van der Waals surface area contributed by atoms with Gasteiger partial charge in [-0.25, -0.2) is 0 Å². The first kappa shape index (κ1) is 19.9. The molecule has 3 rings (SSSR count). The summed E-state index contributed by atoms with van der Waals surface area (Å²) in [6.45, 7) is 3.53. The fourth-order valence-corrected chi connectivity index (χ4v) is 3.34. The largest absolute Gasteiger partial charge is 0.334 e. The number of benzene rings is 3. The lowest BCUT2D eigenvalue weighted by atomic mass is 10.1. The zero-order valence-corrected chi connectivity index (χ0v) is 16.7. The van der Waals surface area contributed by atoms with Crippen LogP contribution in [0.5, 0.6) is 0 Å². The molecule has 0 heterocycles. The number of carbonyl (C=O) groups excluding carboxylic acids is 1. The minimum Gasteiger partial charge on any atom is -0.334 e. The standard InChI is InChI=1S/C26H29NO/c1-2-3-10-23-15-17-25(18-16-23)26(28)27(21-24-13-8-5-9-14-24)20-19-22-11-6-4-7-12-22/h4-9,11-18H,2-3,10,19-21H2,1H3. The van der Waals surface area contributed by atoms with Gasteiger partial charge in [0.25, 0.3) is 5.91 Å². The summed E-state index contributed by atoms with van der Waals surface area (Å²) in [4.78, 5) is 15.2. The molecule has 0 atom stereocenters. The summed E-state index contributed by atoms with van der Waals surface area (Å²) in [5.74, 6) is 0.0989. The summed E-state index contributed by atoms with van der Waals surface area (Å²) < 4.78 is 0. The van der Waals surface area contributed by atoms with E-state index in [0.29, 0.717) is 13.1 Å². The van der Waals surface area contributed by atoms with Gasteiger partial charge >= 0.3 is 0 Å². The molecule has 0 radical (unpaired) electrons. The lowest BCUT2D eigenvalue weighted by molar-refractivity contribution is 0.0745. The maximum Gasteiger partial charge on any atom is 0.254 e. The van der Waals surface area contributed by atoms with Crippen molar-refractivity contribution >= 4 is 5.91 Å². The van der Waals surface area contributed by atoms with Gasteiger partial charge in [0.1, 0.15) is 0 Å². The van der Waals surface area contributed by atoms with Gasteiger partial charge in [-0.05, 0) is 48.1 Å². The van der Waals surface area contributed by atoms with Crippen molar-refractivity contribution in [3.8, 4) is 0 Å². The van der Waals surface area contributed by atoms with E-state index in [-0.39, 0.29) is 5.91 Å². The van der Waals surface area contributed by atoms with E-state index >= 15 is 0 Å². The Balaban J connectivity index is 1.73. The second-order valence-electron chi connectivity index (χ2n) is 7.25. The van der Waals surface area contributed by atoms with Crippen LogP contribution in [-0.2, 0) is 19.4 Å². The van der Waals surface area contributed by atoms with Crippen LogP contribution in [-0.4, -0.2) is 17.4 Å². The molecule has 0 N–H and O–H groups in total. The van der Waals surface area contributed by atoms with Gasteiger partial charge in [-0.3, -0.25) is 4.79 Å². The van der Waals surface area contributed by atoms with Gasteiger partial charge in [0, 0.05) is 18.7 Å². The molecule has 0 saturated carbocycles. The summed E-state index contributed by atoms with van der Waals surface area (Å²) in [6.07, 6.45) is 4.30. The zero-order chi connectivity index (χ0) is 19.6.